The van der Waals surface area contributed by atoms with Gasteiger partial charge in [-0.05, 0) is 49.1 Å². The summed E-state index contributed by atoms with van der Waals surface area (Å²) in [6.45, 7) is 7.80. The molecule has 1 aromatic carbocycles. The number of allylic oxidation sites excluding steroid dienone is 2. The number of nitrogens with one attached hydrogen (secondary N) is 1. The minimum absolute atomic E-state index is 0. The van der Waals surface area contributed by atoms with Crippen LogP contribution in [-0.2, 0) is 14.8 Å². The van der Waals surface area contributed by atoms with Gasteiger partial charge in [0.15, 0.2) is 0 Å². The van der Waals surface area contributed by atoms with Crippen LogP contribution in [-0.4, -0.2) is 19.5 Å². The number of sulfonamides is 1. The van der Waals surface area contributed by atoms with E-state index in [1.807, 2.05) is 39.8 Å². The Bertz CT molecular complexity index is 693. The number of carboxylic acid groups (broad SMARTS) is 1. The number of benzene rings is 1. The second-order valence-electron chi connectivity index (χ2n) is 6.08. The van der Waals surface area contributed by atoms with Crippen molar-refractivity contribution in [2.75, 3.05) is 0 Å². The van der Waals surface area contributed by atoms with Crippen LogP contribution in [0.1, 0.15) is 27.8 Å². The van der Waals surface area contributed by atoms with Crippen LogP contribution < -0.4 is 33.8 Å². The van der Waals surface area contributed by atoms with E-state index in [2.05, 4.69) is 0 Å². The Balaban J connectivity index is 0. The molecule has 1 aromatic rings. The van der Waals surface area contributed by atoms with Gasteiger partial charge >= 0.3 is 35.5 Å². The molecule has 0 radical (unpaired) electrons. The standard InChI is InChI=1S/C9H14O2.C7H8ClNO2S.Na.H/c1-4-5-6-7(8(10)11)9(6,2)3;1-6-2-4-7(5-3-6)12(10,11)9-8;;/h4-7H,1-3H3,(H,10,11);2-5,9H,1H3;;/q;;+1;-1/b5-4-;;;. The molecule has 2 atom stereocenters. The van der Waals surface area contributed by atoms with E-state index in [1.54, 1.807) is 16.4 Å². The molecule has 1 fully saturated rings. The first-order chi connectivity index (χ1) is 10.6. The van der Waals surface area contributed by atoms with E-state index >= 15 is 0 Å². The van der Waals surface area contributed by atoms with Gasteiger partial charge in [-0.25, -0.2) is 8.42 Å². The first-order valence-corrected chi connectivity index (χ1v) is 8.98. The molecule has 24 heavy (non-hydrogen) atoms. The van der Waals surface area contributed by atoms with Gasteiger partial charge in [0.05, 0.1) is 10.8 Å². The maximum absolute atomic E-state index is 11.1. The number of carboxylic acids is 1. The fraction of sp³-hybridized carbons (Fsp3) is 0.438. The van der Waals surface area contributed by atoms with Crippen LogP contribution in [0.4, 0.5) is 0 Å². The van der Waals surface area contributed by atoms with Gasteiger partial charge in [0.1, 0.15) is 0 Å². The third kappa shape index (κ3) is 5.86. The Kier molecular flexibility index (Phi) is 9.22. The van der Waals surface area contributed by atoms with E-state index in [0.717, 1.165) is 5.56 Å². The minimum Gasteiger partial charge on any atom is -1.00 e. The fourth-order valence-corrected chi connectivity index (χ4v) is 3.33. The molecular formula is C16H23ClNNaO4S. The van der Waals surface area contributed by atoms with Crippen LogP contribution in [0.15, 0.2) is 41.3 Å². The van der Waals surface area contributed by atoms with Crippen molar-refractivity contribution in [1.29, 1.82) is 0 Å². The quantitative estimate of drug-likeness (QED) is 0.449. The van der Waals surface area contributed by atoms with Crippen molar-refractivity contribution in [1.82, 2.24) is 4.24 Å². The molecule has 130 valence electrons. The summed E-state index contributed by atoms with van der Waals surface area (Å²) in [5.41, 5.74) is 0.974. The van der Waals surface area contributed by atoms with Crippen LogP contribution in [0, 0.1) is 24.2 Å². The first-order valence-electron chi connectivity index (χ1n) is 7.12. The normalized spacial score (nSPS) is 21.4. The number of rotatable bonds is 4. The van der Waals surface area contributed by atoms with Gasteiger partial charge in [0, 0.05) is 0 Å². The Morgan fingerprint density at radius 2 is 1.83 bits per heavy atom. The average Bonchev–Trinajstić information content (AvgIpc) is 3.02. The second kappa shape index (κ2) is 9.36. The van der Waals surface area contributed by atoms with Crippen LogP contribution in [0.2, 0.25) is 0 Å². The molecule has 1 aliphatic carbocycles. The summed E-state index contributed by atoms with van der Waals surface area (Å²) >= 11 is 5.03. The molecule has 1 aliphatic rings. The summed E-state index contributed by atoms with van der Waals surface area (Å²) in [5, 5.41) is 8.75. The Morgan fingerprint density at radius 3 is 2.17 bits per heavy atom. The summed E-state index contributed by atoms with van der Waals surface area (Å²) in [4.78, 5) is 10.8. The van der Waals surface area contributed by atoms with Crippen molar-refractivity contribution in [2.24, 2.45) is 17.3 Å². The van der Waals surface area contributed by atoms with Gasteiger partial charge < -0.3 is 6.53 Å². The van der Waals surface area contributed by atoms with Gasteiger partial charge in [-0.15, -0.1) is 4.24 Å². The Labute approximate surface area is 172 Å². The van der Waals surface area contributed by atoms with Gasteiger partial charge in [0.2, 0.25) is 0 Å². The van der Waals surface area contributed by atoms with Crippen molar-refractivity contribution in [3.8, 4) is 0 Å². The number of aliphatic carboxylic acids is 1. The van der Waals surface area contributed by atoms with Gasteiger partial charge in [-0.1, -0.05) is 43.7 Å². The third-order valence-electron chi connectivity index (χ3n) is 4.01. The molecular weight excluding hydrogens is 361 g/mol. The number of halogens is 1. The topological polar surface area (TPSA) is 83.5 Å². The van der Waals surface area contributed by atoms with Crippen molar-refractivity contribution in [2.45, 2.75) is 32.6 Å². The molecule has 0 saturated heterocycles. The number of hydrogen-bond donors (Lipinski definition) is 2. The monoisotopic (exact) mass is 383 g/mol. The van der Waals surface area contributed by atoms with Crippen molar-refractivity contribution in [3.05, 3.63) is 42.0 Å². The predicted octanol–water partition coefficient (Wildman–Crippen LogP) is 0.463. The molecule has 0 spiro atoms. The molecule has 0 aliphatic heterocycles. The van der Waals surface area contributed by atoms with E-state index in [4.69, 9.17) is 16.9 Å². The number of aryl methyl sites for hydroxylation is 1. The molecule has 1 saturated carbocycles. The zero-order valence-electron chi connectivity index (χ0n) is 15.6. The van der Waals surface area contributed by atoms with Gasteiger partial charge in [0.25, 0.3) is 10.0 Å². The van der Waals surface area contributed by atoms with Crippen LogP contribution in [0.25, 0.3) is 0 Å². The summed E-state index contributed by atoms with van der Waals surface area (Å²) in [6, 6.07) is 6.42. The fourth-order valence-electron chi connectivity index (χ4n) is 2.48. The third-order valence-corrected chi connectivity index (χ3v) is 5.71. The van der Waals surface area contributed by atoms with Crippen LogP contribution in [0.5, 0.6) is 0 Å². The van der Waals surface area contributed by atoms with Gasteiger partial charge in [-0.3, -0.25) is 4.79 Å². The van der Waals surface area contributed by atoms with Crippen molar-refractivity contribution in [3.63, 3.8) is 0 Å². The van der Waals surface area contributed by atoms with E-state index in [1.165, 1.54) is 12.1 Å². The molecule has 0 bridgehead atoms. The maximum Gasteiger partial charge on any atom is 1.00 e. The zero-order chi connectivity index (χ0) is 17.8. The molecule has 0 aromatic heterocycles. The van der Waals surface area contributed by atoms with Gasteiger partial charge in [-0.2, -0.15) is 0 Å². The summed E-state index contributed by atoms with van der Waals surface area (Å²) in [7, 11) is -3.50. The van der Waals surface area contributed by atoms with Crippen molar-refractivity contribution < 1.29 is 49.3 Å². The predicted molar refractivity (Wildman–Crippen MR) is 91.7 cm³/mol. The molecule has 8 heteroatoms. The summed E-state index contributed by atoms with van der Waals surface area (Å²) in [5.74, 6) is -0.596. The van der Waals surface area contributed by atoms with E-state index in [0.29, 0.717) is 0 Å². The first kappa shape index (κ1) is 23.6. The van der Waals surface area contributed by atoms with Crippen LogP contribution >= 0.6 is 11.8 Å². The molecule has 5 nitrogen and oxygen atoms in total. The minimum atomic E-state index is -3.50. The van der Waals surface area contributed by atoms with Crippen molar-refractivity contribution >= 4 is 27.8 Å². The second-order valence-corrected chi connectivity index (χ2v) is 8.18. The molecule has 0 amide bonds. The Morgan fingerprint density at radius 1 is 1.33 bits per heavy atom. The molecule has 2 N–H and O–H groups in total. The largest absolute Gasteiger partial charge is 1.00 e. The summed E-state index contributed by atoms with van der Waals surface area (Å²) < 4.78 is 23.9. The number of carbonyl (C=O) groups is 1. The number of hydrogen-bond acceptors (Lipinski definition) is 3. The van der Waals surface area contributed by atoms with E-state index < -0.39 is 16.0 Å². The van der Waals surface area contributed by atoms with Crippen LogP contribution in [0.3, 0.4) is 0 Å². The molecule has 2 rings (SSSR count). The Hall–Kier alpha value is -0.370. The van der Waals surface area contributed by atoms with E-state index in [9.17, 15) is 13.2 Å². The zero-order valence-corrected chi connectivity index (χ0v) is 18.1. The average molecular weight is 384 g/mol. The SMILES string of the molecule is C/C=C\C1C(C(=O)O)C1(C)C.Cc1ccc(S(=O)(=O)NCl)cc1.[H-].[Na+]. The molecule has 0 heterocycles. The smallest absolute Gasteiger partial charge is 1.00 e. The van der Waals surface area contributed by atoms with E-state index in [-0.39, 0.29) is 53.1 Å². The summed E-state index contributed by atoms with van der Waals surface area (Å²) in [6.07, 6.45) is 3.91. The maximum atomic E-state index is 11.1. The molecule has 2 unspecified atom stereocenters.